The van der Waals surface area contributed by atoms with Crippen molar-refractivity contribution in [1.29, 1.82) is 0 Å². The average molecular weight is 412 g/mol. The Kier molecular flexibility index (Phi) is 5.49. The monoisotopic (exact) mass is 412 g/mol. The van der Waals surface area contributed by atoms with Gasteiger partial charge in [0, 0.05) is 12.1 Å². The van der Waals surface area contributed by atoms with Crippen molar-refractivity contribution in [3.63, 3.8) is 0 Å². The Labute approximate surface area is 180 Å². The van der Waals surface area contributed by atoms with Crippen LogP contribution in [0.4, 0.5) is 5.82 Å². The standard InChI is InChI=1S/C24H24N6O/c1-15-12-21(25)27-16(2)20(15)14-30-24(23(26)31)28-22(29-30)13-17-8-10-19(11-9-17)18-6-4-3-5-7-18/h3-12H,13-14H2,1-2H3,(H2,25,27)(H2,26,31). The number of benzene rings is 2. The number of aryl methyl sites for hydroxylation is 2. The second-order valence-corrected chi connectivity index (χ2v) is 7.54. The van der Waals surface area contributed by atoms with Crippen molar-refractivity contribution < 1.29 is 4.79 Å². The molecule has 0 aliphatic rings. The van der Waals surface area contributed by atoms with Gasteiger partial charge in [0.2, 0.25) is 5.82 Å². The highest BCUT2D eigenvalue weighted by atomic mass is 16.1. The van der Waals surface area contributed by atoms with Gasteiger partial charge in [0.1, 0.15) is 5.82 Å². The first-order valence-corrected chi connectivity index (χ1v) is 10.0. The largest absolute Gasteiger partial charge is 0.384 e. The molecule has 0 saturated carbocycles. The fraction of sp³-hybridized carbons (Fsp3) is 0.167. The Morgan fingerprint density at radius 1 is 0.968 bits per heavy atom. The number of hydrogen-bond acceptors (Lipinski definition) is 5. The van der Waals surface area contributed by atoms with Gasteiger partial charge >= 0.3 is 0 Å². The molecule has 31 heavy (non-hydrogen) atoms. The molecule has 0 aliphatic heterocycles. The molecule has 0 unspecified atom stereocenters. The van der Waals surface area contributed by atoms with Crippen molar-refractivity contribution in [2.45, 2.75) is 26.8 Å². The third-order valence-electron chi connectivity index (χ3n) is 5.24. The molecule has 7 nitrogen and oxygen atoms in total. The molecule has 0 spiro atoms. The number of nitrogens with zero attached hydrogens (tertiary/aromatic N) is 4. The highest BCUT2D eigenvalue weighted by Crippen LogP contribution is 2.21. The zero-order chi connectivity index (χ0) is 22.0. The Hall–Kier alpha value is -4.00. The predicted molar refractivity (Wildman–Crippen MR) is 120 cm³/mol. The quantitative estimate of drug-likeness (QED) is 0.505. The lowest BCUT2D eigenvalue weighted by Crippen LogP contribution is -2.20. The first kappa shape index (κ1) is 20.3. The van der Waals surface area contributed by atoms with Gasteiger partial charge in [0.05, 0.1) is 6.54 Å². The molecule has 4 aromatic rings. The third-order valence-corrected chi connectivity index (χ3v) is 5.24. The van der Waals surface area contributed by atoms with Crippen LogP contribution < -0.4 is 11.5 Å². The maximum atomic E-state index is 12.0. The van der Waals surface area contributed by atoms with Gasteiger partial charge in [-0.25, -0.2) is 14.6 Å². The molecule has 0 bridgehead atoms. The zero-order valence-corrected chi connectivity index (χ0v) is 17.5. The molecule has 0 saturated heterocycles. The van der Waals surface area contributed by atoms with E-state index < -0.39 is 5.91 Å². The normalized spacial score (nSPS) is 10.9. The number of hydrogen-bond donors (Lipinski definition) is 2. The van der Waals surface area contributed by atoms with Crippen molar-refractivity contribution in [2.75, 3.05) is 5.73 Å². The molecular weight excluding hydrogens is 388 g/mol. The van der Waals surface area contributed by atoms with Crippen molar-refractivity contribution >= 4 is 11.7 Å². The molecule has 0 aliphatic carbocycles. The van der Waals surface area contributed by atoms with E-state index in [9.17, 15) is 4.79 Å². The number of amides is 1. The van der Waals surface area contributed by atoms with Gasteiger partial charge in [-0.05, 0) is 47.7 Å². The first-order chi connectivity index (χ1) is 14.9. The lowest BCUT2D eigenvalue weighted by atomic mass is 10.0. The van der Waals surface area contributed by atoms with E-state index in [1.807, 2.05) is 44.2 Å². The van der Waals surface area contributed by atoms with Crippen molar-refractivity contribution in [3.8, 4) is 11.1 Å². The minimum Gasteiger partial charge on any atom is -0.384 e. The average Bonchev–Trinajstić information content (AvgIpc) is 3.14. The van der Waals surface area contributed by atoms with E-state index in [4.69, 9.17) is 11.5 Å². The van der Waals surface area contributed by atoms with E-state index in [2.05, 4.69) is 39.3 Å². The fourth-order valence-electron chi connectivity index (χ4n) is 3.66. The number of nitrogen functional groups attached to an aromatic ring is 1. The third kappa shape index (κ3) is 4.45. The maximum Gasteiger partial charge on any atom is 0.286 e. The minimum absolute atomic E-state index is 0.131. The van der Waals surface area contributed by atoms with Gasteiger partial charge < -0.3 is 11.5 Å². The predicted octanol–water partition coefficient (Wildman–Crippen LogP) is 3.28. The van der Waals surface area contributed by atoms with Gasteiger partial charge in [-0.3, -0.25) is 4.79 Å². The van der Waals surface area contributed by atoms with Crippen LogP contribution in [0, 0.1) is 13.8 Å². The van der Waals surface area contributed by atoms with Gasteiger partial charge in [-0.1, -0.05) is 54.6 Å². The van der Waals surface area contributed by atoms with E-state index >= 15 is 0 Å². The number of aromatic nitrogens is 4. The summed E-state index contributed by atoms with van der Waals surface area (Å²) >= 11 is 0. The second kappa shape index (κ2) is 8.39. The molecule has 7 heteroatoms. The Balaban J connectivity index is 1.58. The summed E-state index contributed by atoms with van der Waals surface area (Å²) in [6.45, 7) is 4.19. The SMILES string of the molecule is Cc1cc(N)nc(C)c1Cn1nc(Cc2ccc(-c3ccccc3)cc2)nc1C(N)=O. The Morgan fingerprint density at radius 2 is 1.65 bits per heavy atom. The van der Waals surface area contributed by atoms with E-state index in [-0.39, 0.29) is 5.82 Å². The van der Waals surface area contributed by atoms with Crippen LogP contribution in [0.1, 0.15) is 38.8 Å². The number of pyridine rings is 1. The van der Waals surface area contributed by atoms with Gasteiger partial charge in [-0.15, -0.1) is 0 Å². The van der Waals surface area contributed by atoms with E-state index in [0.717, 1.165) is 33.5 Å². The summed E-state index contributed by atoms with van der Waals surface area (Å²) in [4.78, 5) is 20.7. The van der Waals surface area contributed by atoms with Crippen LogP contribution in [0.15, 0.2) is 60.7 Å². The minimum atomic E-state index is -0.614. The van der Waals surface area contributed by atoms with Crippen LogP contribution in [0.5, 0.6) is 0 Å². The van der Waals surface area contributed by atoms with Crippen molar-refractivity contribution in [2.24, 2.45) is 5.73 Å². The molecule has 2 aromatic heterocycles. The van der Waals surface area contributed by atoms with Gasteiger partial charge in [-0.2, -0.15) is 5.10 Å². The molecular formula is C24H24N6O. The van der Waals surface area contributed by atoms with Crippen LogP contribution in [-0.4, -0.2) is 25.7 Å². The molecule has 156 valence electrons. The Bertz CT molecular complexity index is 1210. The summed E-state index contributed by atoms with van der Waals surface area (Å²) < 4.78 is 1.54. The smallest absolute Gasteiger partial charge is 0.286 e. The van der Waals surface area contributed by atoms with Crippen LogP contribution in [0.2, 0.25) is 0 Å². The van der Waals surface area contributed by atoms with Crippen LogP contribution in [0.3, 0.4) is 0 Å². The van der Waals surface area contributed by atoms with E-state index in [1.54, 1.807) is 10.7 Å². The fourth-order valence-corrected chi connectivity index (χ4v) is 3.66. The molecule has 0 atom stereocenters. The molecule has 4 N–H and O–H groups in total. The van der Waals surface area contributed by atoms with Crippen LogP contribution in [-0.2, 0) is 13.0 Å². The number of carbonyl (C=O) groups is 1. The van der Waals surface area contributed by atoms with Gasteiger partial charge in [0.25, 0.3) is 5.91 Å². The van der Waals surface area contributed by atoms with Crippen molar-refractivity contribution in [1.82, 2.24) is 19.7 Å². The lowest BCUT2D eigenvalue weighted by Gasteiger charge is -2.11. The van der Waals surface area contributed by atoms with Crippen molar-refractivity contribution in [3.05, 3.63) is 94.7 Å². The molecule has 1 amide bonds. The summed E-state index contributed by atoms with van der Waals surface area (Å²) in [6, 6.07) is 20.2. The Morgan fingerprint density at radius 3 is 2.29 bits per heavy atom. The summed E-state index contributed by atoms with van der Waals surface area (Å²) in [5.74, 6) is 0.524. The molecule has 2 heterocycles. The molecule has 0 radical (unpaired) electrons. The first-order valence-electron chi connectivity index (χ1n) is 10.0. The van der Waals surface area contributed by atoms with Crippen LogP contribution >= 0.6 is 0 Å². The summed E-state index contributed by atoms with van der Waals surface area (Å²) in [5.41, 5.74) is 17.5. The zero-order valence-electron chi connectivity index (χ0n) is 17.5. The molecule has 2 aromatic carbocycles. The number of carbonyl (C=O) groups excluding carboxylic acids is 1. The number of rotatable bonds is 6. The summed E-state index contributed by atoms with van der Waals surface area (Å²) in [7, 11) is 0. The maximum absolute atomic E-state index is 12.0. The lowest BCUT2D eigenvalue weighted by molar-refractivity contribution is 0.0985. The molecule has 4 rings (SSSR count). The van der Waals surface area contributed by atoms with Crippen LogP contribution in [0.25, 0.3) is 11.1 Å². The second-order valence-electron chi connectivity index (χ2n) is 7.54. The van der Waals surface area contributed by atoms with E-state index in [0.29, 0.717) is 24.6 Å². The molecule has 0 fully saturated rings. The van der Waals surface area contributed by atoms with E-state index in [1.165, 1.54) is 0 Å². The topological polar surface area (TPSA) is 113 Å². The highest BCUT2D eigenvalue weighted by molar-refractivity contribution is 5.89. The van der Waals surface area contributed by atoms with Gasteiger partial charge in [0.15, 0.2) is 5.82 Å². The summed E-state index contributed by atoms with van der Waals surface area (Å²) in [6.07, 6.45) is 0.500. The highest BCUT2D eigenvalue weighted by Gasteiger charge is 2.17. The number of nitrogens with two attached hydrogens (primary N) is 2. The number of primary amides is 1. The number of anilines is 1. The summed E-state index contributed by atoms with van der Waals surface area (Å²) in [5, 5.41) is 4.55.